The smallest absolute Gasteiger partial charge is 0.150 e. The Kier molecular flexibility index (Phi) is 14.3. The molecular formula is C57H54F3N3O6. The van der Waals surface area contributed by atoms with Crippen LogP contribution in [0.25, 0.3) is 22.3 Å². The average molecular weight is 934 g/mol. The third-order valence-corrected chi connectivity index (χ3v) is 13.2. The monoisotopic (exact) mass is 933 g/mol. The number of hydrogen-bond donors (Lipinski definition) is 2. The van der Waals surface area contributed by atoms with Crippen molar-refractivity contribution in [2.75, 3.05) is 65.8 Å². The van der Waals surface area contributed by atoms with Gasteiger partial charge in [-0.2, -0.15) is 5.26 Å². The highest BCUT2D eigenvalue weighted by molar-refractivity contribution is 5.97. The van der Waals surface area contributed by atoms with Crippen molar-refractivity contribution in [2.24, 2.45) is 11.8 Å². The van der Waals surface area contributed by atoms with Crippen LogP contribution < -0.4 is 18.9 Å². The second-order valence-corrected chi connectivity index (χ2v) is 18.0. The summed E-state index contributed by atoms with van der Waals surface area (Å²) in [4.78, 5) is 4.38. The molecule has 354 valence electrons. The number of hydrogen-bond acceptors (Lipinski definition) is 9. The minimum Gasteiger partial charge on any atom is -0.508 e. The van der Waals surface area contributed by atoms with Crippen molar-refractivity contribution in [3.8, 4) is 40.6 Å². The number of fused-ring (bicyclic) bond motifs is 2. The lowest BCUT2D eigenvalue weighted by molar-refractivity contribution is 0.0668. The SMILES string of the molecule is CC1=C(c2cccc(C#N)c2)C(c2ccc(OCCN3CC(CF)C3)cc2)Oc2ccc(O)cc21.CC1=C(c2cccc(F)c2)C(c2ccc(OCCN3CC(CF)C3)cc2)Oc2ccc(O)cc21. The molecular weight excluding hydrogens is 880 g/mol. The molecule has 10 rings (SSSR count). The molecule has 12 heteroatoms. The summed E-state index contributed by atoms with van der Waals surface area (Å²) in [6, 6.07) is 41.9. The Balaban J connectivity index is 0.000000172. The van der Waals surface area contributed by atoms with Crippen LogP contribution in [0.4, 0.5) is 13.2 Å². The van der Waals surface area contributed by atoms with Gasteiger partial charge in [-0.3, -0.25) is 18.6 Å². The van der Waals surface area contributed by atoms with Gasteiger partial charge in [0, 0.05) is 73.4 Å². The van der Waals surface area contributed by atoms with Crippen LogP contribution in [0.2, 0.25) is 0 Å². The molecule has 2 unspecified atom stereocenters. The van der Waals surface area contributed by atoms with Gasteiger partial charge in [0.2, 0.25) is 0 Å². The molecule has 4 aliphatic rings. The molecule has 0 saturated carbocycles. The summed E-state index contributed by atoms with van der Waals surface area (Å²) >= 11 is 0. The maximum absolute atomic E-state index is 14.1. The number of halogens is 3. The zero-order chi connectivity index (χ0) is 48.0. The summed E-state index contributed by atoms with van der Waals surface area (Å²) in [5, 5.41) is 29.5. The normalized spacial score (nSPS) is 18.0. The number of phenolic OH excluding ortho intramolecular Hbond substituents is 2. The van der Waals surface area contributed by atoms with Gasteiger partial charge in [0.05, 0.1) is 25.0 Å². The molecule has 0 aliphatic carbocycles. The van der Waals surface area contributed by atoms with E-state index in [-0.39, 0.29) is 48.6 Å². The molecule has 0 bridgehead atoms. The number of benzene rings is 6. The van der Waals surface area contributed by atoms with Gasteiger partial charge in [-0.1, -0.05) is 48.5 Å². The van der Waals surface area contributed by atoms with Crippen molar-refractivity contribution in [2.45, 2.75) is 26.1 Å². The van der Waals surface area contributed by atoms with E-state index in [2.05, 4.69) is 15.9 Å². The highest BCUT2D eigenvalue weighted by atomic mass is 19.1. The first-order valence-electron chi connectivity index (χ1n) is 23.3. The third-order valence-electron chi connectivity index (χ3n) is 13.2. The van der Waals surface area contributed by atoms with Gasteiger partial charge in [-0.25, -0.2) is 4.39 Å². The minimum atomic E-state index is -0.438. The largest absolute Gasteiger partial charge is 0.508 e. The minimum absolute atomic E-state index is 0.152. The number of aromatic hydroxyl groups is 2. The zero-order valence-corrected chi connectivity index (χ0v) is 38.6. The first kappa shape index (κ1) is 46.9. The molecule has 0 amide bonds. The van der Waals surface area contributed by atoms with E-state index in [4.69, 9.17) is 18.9 Å². The molecule has 9 nitrogen and oxygen atoms in total. The van der Waals surface area contributed by atoms with E-state index in [0.29, 0.717) is 30.3 Å². The Morgan fingerprint density at radius 2 is 1.04 bits per heavy atom. The predicted molar refractivity (Wildman–Crippen MR) is 261 cm³/mol. The fourth-order valence-corrected chi connectivity index (χ4v) is 9.48. The fourth-order valence-electron chi connectivity index (χ4n) is 9.48. The summed E-state index contributed by atoms with van der Waals surface area (Å²) < 4.78 is 63.9. The molecule has 6 aromatic carbocycles. The average Bonchev–Trinajstić information content (AvgIpc) is 3.34. The van der Waals surface area contributed by atoms with Crippen LogP contribution in [0.15, 0.2) is 133 Å². The Morgan fingerprint density at radius 3 is 1.48 bits per heavy atom. The van der Waals surface area contributed by atoms with Crippen LogP contribution in [0, 0.1) is 29.0 Å². The van der Waals surface area contributed by atoms with Crippen molar-refractivity contribution in [3.05, 3.63) is 178 Å². The molecule has 4 aliphatic heterocycles. The van der Waals surface area contributed by atoms with Gasteiger partial charge >= 0.3 is 0 Å². The predicted octanol–water partition coefficient (Wildman–Crippen LogP) is 11.5. The van der Waals surface area contributed by atoms with E-state index in [9.17, 15) is 28.6 Å². The van der Waals surface area contributed by atoms with Crippen molar-refractivity contribution < 1.29 is 42.3 Å². The first-order chi connectivity index (χ1) is 33.6. The van der Waals surface area contributed by atoms with Gasteiger partial charge < -0.3 is 29.2 Å². The van der Waals surface area contributed by atoms with Crippen LogP contribution in [0.5, 0.6) is 34.5 Å². The molecule has 2 fully saturated rings. The number of phenols is 2. The van der Waals surface area contributed by atoms with E-state index < -0.39 is 6.10 Å². The van der Waals surface area contributed by atoms with E-state index >= 15 is 0 Å². The Hall–Kier alpha value is -7.20. The van der Waals surface area contributed by atoms with Crippen LogP contribution in [0.3, 0.4) is 0 Å². The summed E-state index contributed by atoms with van der Waals surface area (Å²) in [6.07, 6.45) is -0.819. The second kappa shape index (κ2) is 21.0. The van der Waals surface area contributed by atoms with Crippen molar-refractivity contribution in [1.82, 2.24) is 9.80 Å². The summed E-state index contributed by atoms with van der Waals surface area (Å²) in [5.41, 5.74) is 9.43. The maximum Gasteiger partial charge on any atom is 0.150 e. The van der Waals surface area contributed by atoms with Crippen molar-refractivity contribution in [1.29, 1.82) is 5.26 Å². The molecule has 2 atom stereocenters. The highest BCUT2D eigenvalue weighted by Crippen LogP contribution is 2.49. The van der Waals surface area contributed by atoms with Gasteiger partial charge in [0.25, 0.3) is 0 Å². The lowest BCUT2D eigenvalue weighted by atomic mass is 9.85. The van der Waals surface area contributed by atoms with Gasteiger partial charge in [0.15, 0.2) is 0 Å². The third kappa shape index (κ3) is 10.6. The van der Waals surface area contributed by atoms with Crippen molar-refractivity contribution >= 4 is 22.3 Å². The molecule has 4 heterocycles. The number of rotatable bonds is 14. The number of nitriles is 1. The molecule has 69 heavy (non-hydrogen) atoms. The Bertz CT molecular complexity index is 2890. The lowest BCUT2D eigenvalue weighted by Gasteiger charge is -2.37. The quantitative estimate of drug-likeness (QED) is 0.110. The lowest BCUT2D eigenvalue weighted by Crippen LogP contribution is -2.49. The highest BCUT2D eigenvalue weighted by Gasteiger charge is 2.32. The molecule has 0 spiro atoms. The molecule has 2 saturated heterocycles. The topological polar surface area (TPSA) is 108 Å². The number of allylic oxidation sites excluding steroid dienone is 2. The van der Waals surface area contributed by atoms with Gasteiger partial charge in [-0.15, -0.1) is 0 Å². The van der Waals surface area contributed by atoms with E-state index in [0.717, 1.165) is 106 Å². The van der Waals surface area contributed by atoms with E-state index in [1.165, 1.54) is 12.1 Å². The van der Waals surface area contributed by atoms with E-state index in [1.54, 1.807) is 48.5 Å². The number of ether oxygens (including phenoxy) is 4. The fraction of sp³-hybridized carbons (Fsp3) is 0.281. The van der Waals surface area contributed by atoms with E-state index in [1.807, 2.05) is 86.6 Å². The van der Waals surface area contributed by atoms with Crippen molar-refractivity contribution in [3.63, 3.8) is 0 Å². The Labute approximate surface area is 400 Å². The summed E-state index contributed by atoms with van der Waals surface area (Å²) in [6.45, 7) is 9.35. The van der Waals surface area contributed by atoms with Crippen LogP contribution in [-0.4, -0.2) is 85.8 Å². The second-order valence-electron chi connectivity index (χ2n) is 18.0. The number of nitrogens with zero attached hydrogens (tertiary/aromatic N) is 3. The van der Waals surface area contributed by atoms with Crippen LogP contribution in [-0.2, 0) is 0 Å². The molecule has 2 N–H and O–H groups in total. The molecule has 0 aromatic heterocycles. The van der Waals surface area contributed by atoms with Gasteiger partial charge in [0.1, 0.15) is 65.7 Å². The van der Waals surface area contributed by atoms with Gasteiger partial charge in [-0.05, 0) is 132 Å². The summed E-state index contributed by atoms with van der Waals surface area (Å²) in [7, 11) is 0. The Morgan fingerprint density at radius 1 is 0.594 bits per heavy atom. The summed E-state index contributed by atoms with van der Waals surface area (Å²) in [5.74, 6) is 3.25. The maximum atomic E-state index is 14.1. The first-order valence-corrected chi connectivity index (χ1v) is 23.3. The molecule has 0 radical (unpaired) electrons. The number of alkyl halides is 2. The standard InChI is InChI=1S/C29H27FN2O3.C28H27F2NO3/c1-19-26-14-24(33)7-10-27(26)35-29(28(19)23-4-2-3-20(13-23)16-31)22-5-8-25(9-6-22)34-12-11-32-17-21(15-30)18-32;1-18-25-14-23(32)7-10-26(25)34-28(27(18)21-3-2-4-22(30)13-21)20-5-8-24(9-6-20)33-12-11-31-16-19(15-29)17-31/h2-10,13-14,21,29,33H,11-12,15,17-18H2,1H3;2-10,13-14,19,28,32H,11-12,15-17H2,1H3. The zero-order valence-electron chi connectivity index (χ0n) is 38.6. The molecule has 6 aromatic rings. The van der Waals surface area contributed by atoms with Crippen LogP contribution >= 0.6 is 0 Å². The van der Waals surface area contributed by atoms with Crippen LogP contribution in [0.1, 0.15) is 65.0 Å². The number of likely N-dealkylation sites (tertiary alicyclic amines) is 2.